The summed E-state index contributed by atoms with van der Waals surface area (Å²) in [6.07, 6.45) is 20.1. The Morgan fingerprint density at radius 3 is 2.71 bits per heavy atom. The molecular weight excluding hydrogens is 520 g/mol. The Balaban J connectivity index is 3.40. The summed E-state index contributed by atoms with van der Waals surface area (Å²) in [5, 5.41) is 18.5. The summed E-state index contributed by atoms with van der Waals surface area (Å²) in [5.74, 6) is 0.272. The molecule has 0 heterocycles. The Kier molecular flexibility index (Phi) is 18.0. The van der Waals surface area contributed by atoms with Crippen LogP contribution in [-0.4, -0.2) is 68.4 Å². The van der Waals surface area contributed by atoms with Crippen molar-refractivity contribution in [1.29, 1.82) is 0 Å². The molecule has 0 saturated carbocycles. The van der Waals surface area contributed by atoms with Gasteiger partial charge >= 0.3 is 6.03 Å². The van der Waals surface area contributed by atoms with Gasteiger partial charge in [-0.15, -0.1) is 0 Å². The van der Waals surface area contributed by atoms with Crippen molar-refractivity contribution in [1.82, 2.24) is 16.0 Å². The minimum Gasteiger partial charge on any atom is -0.398 e. The van der Waals surface area contributed by atoms with E-state index >= 15 is 0 Å². The number of amides is 2. The van der Waals surface area contributed by atoms with Crippen molar-refractivity contribution in [3.63, 3.8) is 0 Å². The summed E-state index contributed by atoms with van der Waals surface area (Å²) in [6, 6.07) is -1.05. The van der Waals surface area contributed by atoms with Gasteiger partial charge in [0, 0.05) is 37.2 Å². The second kappa shape index (κ2) is 21.0. The van der Waals surface area contributed by atoms with Gasteiger partial charge in [0.05, 0.1) is 30.6 Å². The van der Waals surface area contributed by atoms with Gasteiger partial charge in [-0.2, -0.15) is 0 Å². The minimum absolute atomic E-state index is 0.246. The predicted molar refractivity (Wildman–Crippen MR) is 168 cm³/mol. The maximum atomic E-state index is 13.0. The summed E-state index contributed by atoms with van der Waals surface area (Å²) >= 11 is 0. The number of aliphatic hydroxyl groups excluding tert-OH is 1. The highest BCUT2D eigenvalue weighted by atomic mass is 16.5. The first kappa shape index (κ1) is 35.2. The highest BCUT2D eigenvalue weighted by Crippen LogP contribution is 2.16. The first-order valence-corrected chi connectivity index (χ1v) is 13.8. The molecule has 2 amide bonds. The van der Waals surface area contributed by atoms with Crippen LogP contribution in [0.2, 0.25) is 0 Å². The highest BCUT2D eigenvalue weighted by Gasteiger charge is 2.16. The molecule has 6 N–H and O–H groups in total. The summed E-state index contributed by atoms with van der Waals surface area (Å²) in [7, 11) is 1.61. The third-order valence-corrected chi connectivity index (χ3v) is 5.82. The normalized spacial score (nSPS) is 16.3. The van der Waals surface area contributed by atoms with Crippen molar-refractivity contribution < 1.29 is 19.4 Å². The van der Waals surface area contributed by atoms with Gasteiger partial charge in [0.15, 0.2) is 6.29 Å². The van der Waals surface area contributed by atoms with Gasteiger partial charge in [-0.25, -0.2) is 9.79 Å². The number of unbranched alkanes of at least 4 members (excludes halogenated alkanes) is 1. The summed E-state index contributed by atoms with van der Waals surface area (Å²) in [6.45, 7) is 8.63. The number of hydrogen-bond donors (Lipinski definition) is 5. The van der Waals surface area contributed by atoms with Gasteiger partial charge in [-0.05, 0) is 57.4 Å². The minimum atomic E-state index is -0.525. The maximum absolute atomic E-state index is 13.0. The van der Waals surface area contributed by atoms with Crippen LogP contribution in [0, 0.1) is 0 Å². The van der Waals surface area contributed by atoms with Gasteiger partial charge in [0.25, 0.3) is 0 Å². The van der Waals surface area contributed by atoms with Crippen LogP contribution in [0.5, 0.6) is 0 Å². The number of urea groups is 1. The molecule has 0 bridgehead atoms. The first-order chi connectivity index (χ1) is 19.8. The van der Waals surface area contributed by atoms with Crippen LogP contribution in [0.1, 0.15) is 47.0 Å². The third kappa shape index (κ3) is 14.4. The largest absolute Gasteiger partial charge is 0.398 e. The monoisotopic (exact) mass is 566 g/mol. The van der Waals surface area contributed by atoms with E-state index in [1.807, 2.05) is 42.5 Å². The highest BCUT2D eigenvalue weighted by molar-refractivity contribution is 6.08. The number of methoxy groups -OCH3 is 1. The van der Waals surface area contributed by atoms with E-state index in [-0.39, 0.29) is 12.4 Å². The summed E-state index contributed by atoms with van der Waals surface area (Å²) in [5.41, 5.74) is 10.0. The fraction of sp³-hybridized carbons (Fsp3) is 0.419. The van der Waals surface area contributed by atoms with Crippen molar-refractivity contribution in [2.45, 2.75) is 53.0 Å². The number of amidine groups is 1. The van der Waals surface area contributed by atoms with Gasteiger partial charge in [0.1, 0.15) is 5.84 Å². The second-order valence-corrected chi connectivity index (χ2v) is 9.20. The number of nitrogens with zero attached hydrogens (tertiary/aromatic N) is 2. The van der Waals surface area contributed by atoms with Crippen molar-refractivity contribution in [2.24, 2.45) is 15.7 Å². The van der Waals surface area contributed by atoms with E-state index in [0.29, 0.717) is 54.4 Å². The van der Waals surface area contributed by atoms with Gasteiger partial charge in [-0.3, -0.25) is 15.1 Å². The van der Waals surface area contributed by atoms with Crippen LogP contribution in [0.25, 0.3) is 0 Å². The molecule has 0 aliphatic heterocycles. The van der Waals surface area contributed by atoms with E-state index in [2.05, 4.69) is 27.9 Å². The molecule has 1 atom stereocenters. The van der Waals surface area contributed by atoms with E-state index in [9.17, 15) is 14.7 Å². The Hall–Kier alpha value is -3.86. The van der Waals surface area contributed by atoms with E-state index < -0.39 is 12.1 Å². The topological polar surface area (TPSA) is 150 Å². The van der Waals surface area contributed by atoms with Gasteiger partial charge in [0.2, 0.25) is 0 Å². The number of rotatable bonds is 16. The quantitative estimate of drug-likeness (QED) is 0.0479. The van der Waals surface area contributed by atoms with Gasteiger partial charge in [-0.1, -0.05) is 49.8 Å². The zero-order valence-electron chi connectivity index (χ0n) is 24.9. The number of aliphatic hydroxyl groups is 1. The van der Waals surface area contributed by atoms with Crippen LogP contribution in [0.3, 0.4) is 0 Å². The summed E-state index contributed by atoms with van der Waals surface area (Å²) < 4.78 is 5.02. The fourth-order valence-electron chi connectivity index (χ4n) is 3.44. The van der Waals surface area contributed by atoms with Crippen LogP contribution in [0.4, 0.5) is 4.79 Å². The molecule has 0 saturated heterocycles. The number of ether oxygens (including phenoxy) is 1. The van der Waals surface area contributed by atoms with Crippen molar-refractivity contribution in [3.8, 4) is 0 Å². The maximum Gasteiger partial charge on any atom is 0.320 e. The predicted octanol–water partition coefficient (Wildman–Crippen LogP) is 3.76. The van der Waals surface area contributed by atoms with Crippen LogP contribution < -0.4 is 21.7 Å². The Labute approximate surface area is 244 Å². The number of carbonyl (C=O) groups excluding carboxylic acids is 2. The lowest BCUT2D eigenvalue weighted by molar-refractivity contribution is -0.104. The van der Waals surface area contributed by atoms with Crippen molar-refractivity contribution in [3.05, 3.63) is 82.9 Å². The van der Waals surface area contributed by atoms with E-state index in [1.165, 1.54) is 0 Å². The zero-order chi connectivity index (χ0) is 30.5. The van der Waals surface area contributed by atoms with E-state index in [4.69, 9.17) is 15.5 Å². The average molecular weight is 567 g/mol. The second-order valence-electron chi connectivity index (χ2n) is 9.20. The molecule has 0 radical (unpaired) electrons. The number of hydrogen-bond acceptors (Lipinski definition) is 8. The number of aldehydes is 1. The molecule has 1 rings (SSSR count). The summed E-state index contributed by atoms with van der Waals surface area (Å²) in [4.78, 5) is 33.1. The lowest BCUT2D eigenvalue weighted by atomic mass is 10.0. The van der Waals surface area contributed by atoms with Crippen LogP contribution in [0.15, 0.2) is 92.9 Å². The number of allylic oxidation sites excluding steroid dienone is 10. The SMILES string of the molecule is C\C=C(C=O)/N=C(C)/C=C\C(=C/CCC)C(N)=C(C)C(=NC1=CC=CCC=C1)NC(=O)N[C@@H](CO)CNCCOC. The molecule has 224 valence electrons. The standard InChI is InChI=1S/C31H46N6O4/c1-6-8-13-25(17-16-23(3)34-26(7-2)21-38)29(32)24(4)30(35-27-14-11-9-10-12-15-27)37-31(40)36-28(22-39)20-33-18-19-41-5/h7,9,11-17,21,28,33,39H,6,8,10,18-20,22,32H2,1-5H3,(H2,35,36,37,40)/b17-16-,25-13+,26-7-,29-24?,34-23+/t28-/m1/s1. The van der Waals surface area contributed by atoms with E-state index in [0.717, 1.165) is 24.8 Å². The molecular formula is C31H46N6O4. The number of carbonyl (C=O) groups is 2. The molecule has 0 fully saturated rings. The van der Waals surface area contributed by atoms with E-state index in [1.54, 1.807) is 40.0 Å². The Morgan fingerprint density at radius 2 is 2.05 bits per heavy atom. The average Bonchev–Trinajstić information content (AvgIpc) is 3.25. The Morgan fingerprint density at radius 1 is 1.27 bits per heavy atom. The van der Waals surface area contributed by atoms with Gasteiger partial charge < -0.3 is 26.2 Å². The van der Waals surface area contributed by atoms with Crippen molar-refractivity contribution in [2.75, 3.05) is 33.4 Å². The molecule has 1 aliphatic rings. The molecule has 0 aromatic carbocycles. The molecule has 41 heavy (non-hydrogen) atoms. The third-order valence-electron chi connectivity index (χ3n) is 5.82. The lowest BCUT2D eigenvalue weighted by Gasteiger charge is -2.19. The molecule has 0 unspecified atom stereocenters. The number of nitrogens with two attached hydrogens (primary N) is 1. The lowest BCUT2D eigenvalue weighted by Crippen LogP contribution is -2.50. The molecule has 0 spiro atoms. The molecule has 10 heteroatoms. The molecule has 1 aliphatic carbocycles. The Bertz CT molecular complexity index is 1140. The fourth-order valence-corrected chi connectivity index (χ4v) is 3.44. The number of aliphatic imine (C=N–C) groups is 2. The van der Waals surface area contributed by atoms with Crippen LogP contribution in [-0.2, 0) is 9.53 Å². The molecule has 0 aromatic heterocycles. The molecule has 0 aromatic rings. The van der Waals surface area contributed by atoms with Crippen LogP contribution >= 0.6 is 0 Å². The number of nitrogens with one attached hydrogen (secondary N) is 3. The smallest absolute Gasteiger partial charge is 0.320 e. The molecule has 10 nitrogen and oxygen atoms in total. The zero-order valence-corrected chi connectivity index (χ0v) is 24.9. The first-order valence-electron chi connectivity index (χ1n) is 13.8. The van der Waals surface area contributed by atoms with Crippen molar-refractivity contribution >= 4 is 23.9 Å².